The first-order valence-corrected chi connectivity index (χ1v) is 11.8. The summed E-state index contributed by atoms with van der Waals surface area (Å²) in [4.78, 5) is 31.2. The van der Waals surface area contributed by atoms with Crippen LogP contribution in [0, 0.1) is 11.7 Å². The van der Waals surface area contributed by atoms with Crippen molar-refractivity contribution in [1.82, 2.24) is 9.88 Å². The van der Waals surface area contributed by atoms with E-state index in [0.717, 1.165) is 5.01 Å². The quantitative estimate of drug-likeness (QED) is 0.432. The van der Waals surface area contributed by atoms with E-state index in [1.165, 1.54) is 23.5 Å². The van der Waals surface area contributed by atoms with Gasteiger partial charge in [-0.1, -0.05) is 11.6 Å². The van der Waals surface area contributed by atoms with Crippen LogP contribution in [0.5, 0.6) is 5.75 Å². The monoisotopic (exact) mass is 488 g/mol. The Balaban J connectivity index is 1.20. The first kappa shape index (κ1) is 23.2. The molecule has 2 aromatic carbocycles. The number of halogens is 2. The van der Waals surface area contributed by atoms with Crippen LogP contribution in [0.15, 0.2) is 53.9 Å². The summed E-state index contributed by atoms with van der Waals surface area (Å²) in [6, 6.07) is 12.6. The molecule has 1 aliphatic heterocycles. The average molecular weight is 489 g/mol. The molecule has 0 radical (unpaired) electrons. The highest BCUT2D eigenvalue weighted by molar-refractivity contribution is 7.09. The standard InChI is InChI=1S/C24H22ClFN2O4S/c25-18-3-1-16(2-4-18)23(29)28-11-9-17(10-12-28)24(30)32-13-20-15-33-22(27-20)14-31-21-7-5-19(26)6-8-21/h1-8,15,17H,9-14H2. The highest BCUT2D eigenvalue weighted by Gasteiger charge is 2.29. The number of benzene rings is 2. The Hall–Kier alpha value is -2.97. The third-order valence-corrected chi connectivity index (χ3v) is 6.47. The number of thiazole rings is 1. The molecule has 1 aliphatic rings. The van der Waals surface area contributed by atoms with E-state index in [9.17, 15) is 14.0 Å². The molecule has 1 fully saturated rings. The molecule has 0 spiro atoms. The average Bonchev–Trinajstić information content (AvgIpc) is 3.30. The molecule has 0 aliphatic carbocycles. The minimum atomic E-state index is -0.320. The lowest BCUT2D eigenvalue weighted by Gasteiger charge is -2.31. The topological polar surface area (TPSA) is 68.7 Å². The number of amides is 1. The summed E-state index contributed by atoms with van der Waals surface area (Å²) in [5.74, 6) is -0.332. The maximum absolute atomic E-state index is 12.9. The number of piperidine rings is 1. The van der Waals surface area contributed by atoms with Crippen molar-refractivity contribution in [2.75, 3.05) is 13.1 Å². The van der Waals surface area contributed by atoms with Crippen molar-refractivity contribution in [1.29, 1.82) is 0 Å². The van der Waals surface area contributed by atoms with Gasteiger partial charge in [0.25, 0.3) is 5.91 Å². The Kier molecular flexibility index (Phi) is 7.57. The second-order valence-corrected chi connectivity index (χ2v) is 9.04. The lowest BCUT2D eigenvalue weighted by atomic mass is 9.96. The van der Waals surface area contributed by atoms with E-state index in [1.807, 2.05) is 5.38 Å². The van der Waals surface area contributed by atoms with Crippen molar-refractivity contribution in [2.24, 2.45) is 5.92 Å². The molecule has 0 saturated carbocycles. The van der Waals surface area contributed by atoms with Gasteiger partial charge in [-0.2, -0.15) is 0 Å². The van der Waals surface area contributed by atoms with Crippen LogP contribution in [0.25, 0.3) is 0 Å². The van der Waals surface area contributed by atoms with E-state index in [-0.39, 0.29) is 36.8 Å². The predicted octanol–water partition coefficient (Wildman–Crippen LogP) is 5.11. The van der Waals surface area contributed by atoms with Gasteiger partial charge in [0.2, 0.25) is 0 Å². The lowest BCUT2D eigenvalue weighted by molar-refractivity contribution is -0.151. The fourth-order valence-corrected chi connectivity index (χ4v) is 4.33. The first-order chi connectivity index (χ1) is 16.0. The summed E-state index contributed by atoms with van der Waals surface area (Å²) >= 11 is 7.29. The lowest BCUT2D eigenvalue weighted by Crippen LogP contribution is -2.40. The molecular formula is C24H22ClFN2O4S. The predicted molar refractivity (Wildman–Crippen MR) is 123 cm³/mol. The second-order valence-electron chi connectivity index (χ2n) is 7.66. The van der Waals surface area contributed by atoms with E-state index in [0.29, 0.717) is 48.0 Å². The fraction of sp³-hybridized carbons (Fsp3) is 0.292. The van der Waals surface area contributed by atoms with Gasteiger partial charge in [0.1, 0.15) is 29.8 Å². The van der Waals surface area contributed by atoms with Crippen LogP contribution in [0.2, 0.25) is 5.02 Å². The van der Waals surface area contributed by atoms with Crippen LogP contribution < -0.4 is 4.74 Å². The zero-order valence-corrected chi connectivity index (χ0v) is 19.3. The van der Waals surface area contributed by atoms with Crippen molar-refractivity contribution < 1.29 is 23.5 Å². The molecular weight excluding hydrogens is 467 g/mol. The number of carbonyl (C=O) groups excluding carboxylic acids is 2. The van der Waals surface area contributed by atoms with E-state index in [4.69, 9.17) is 21.1 Å². The van der Waals surface area contributed by atoms with E-state index in [2.05, 4.69) is 4.98 Å². The second kappa shape index (κ2) is 10.8. The van der Waals surface area contributed by atoms with E-state index >= 15 is 0 Å². The highest BCUT2D eigenvalue weighted by Crippen LogP contribution is 2.22. The molecule has 0 bridgehead atoms. The van der Waals surface area contributed by atoms with Crippen LogP contribution >= 0.6 is 22.9 Å². The molecule has 4 rings (SSSR count). The minimum Gasteiger partial charge on any atom is -0.486 e. The molecule has 1 saturated heterocycles. The number of likely N-dealkylation sites (tertiary alicyclic amines) is 1. The molecule has 172 valence electrons. The number of carbonyl (C=O) groups is 2. The van der Waals surface area contributed by atoms with Gasteiger partial charge in [-0.15, -0.1) is 11.3 Å². The van der Waals surface area contributed by atoms with Crippen LogP contribution in [0.1, 0.15) is 33.9 Å². The van der Waals surface area contributed by atoms with Gasteiger partial charge >= 0.3 is 5.97 Å². The van der Waals surface area contributed by atoms with Gasteiger partial charge in [0.15, 0.2) is 0 Å². The summed E-state index contributed by atoms with van der Waals surface area (Å²) in [5, 5.41) is 3.14. The number of hydrogen-bond acceptors (Lipinski definition) is 6. The molecule has 0 unspecified atom stereocenters. The van der Waals surface area contributed by atoms with Crippen LogP contribution in [-0.2, 0) is 22.7 Å². The third kappa shape index (κ3) is 6.30. The number of nitrogens with zero attached hydrogens (tertiary/aromatic N) is 2. The van der Waals surface area contributed by atoms with Gasteiger partial charge < -0.3 is 14.4 Å². The molecule has 9 heteroatoms. The number of esters is 1. The Morgan fingerprint density at radius 2 is 1.76 bits per heavy atom. The largest absolute Gasteiger partial charge is 0.486 e. The molecule has 0 N–H and O–H groups in total. The number of ether oxygens (including phenoxy) is 2. The van der Waals surface area contributed by atoms with Gasteiger partial charge in [0.05, 0.1) is 11.6 Å². The number of hydrogen-bond donors (Lipinski definition) is 0. The van der Waals surface area contributed by atoms with E-state index in [1.54, 1.807) is 41.3 Å². The molecule has 1 amide bonds. The minimum absolute atomic E-state index is 0.0589. The summed E-state index contributed by atoms with van der Waals surface area (Å²) in [6.07, 6.45) is 1.12. The summed E-state index contributed by atoms with van der Waals surface area (Å²) in [6.45, 7) is 1.35. The van der Waals surface area contributed by atoms with Gasteiger partial charge in [-0.25, -0.2) is 9.37 Å². The molecule has 1 aromatic heterocycles. The Morgan fingerprint density at radius 1 is 1.06 bits per heavy atom. The molecule has 0 atom stereocenters. The van der Waals surface area contributed by atoms with Crippen LogP contribution in [0.4, 0.5) is 4.39 Å². The maximum Gasteiger partial charge on any atom is 0.309 e. The smallest absolute Gasteiger partial charge is 0.309 e. The van der Waals surface area contributed by atoms with Crippen molar-refractivity contribution in [3.8, 4) is 5.75 Å². The first-order valence-electron chi connectivity index (χ1n) is 10.5. The van der Waals surface area contributed by atoms with Gasteiger partial charge in [0, 0.05) is 29.1 Å². The molecule has 3 aromatic rings. The van der Waals surface area contributed by atoms with Gasteiger partial charge in [-0.05, 0) is 61.4 Å². The summed E-state index contributed by atoms with van der Waals surface area (Å²) < 4.78 is 24.0. The fourth-order valence-electron chi connectivity index (χ4n) is 3.51. The Labute approximate surface area is 199 Å². The number of aromatic nitrogens is 1. The van der Waals surface area contributed by atoms with Crippen molar-refractivity contribution in [2.45, 2.75) is 26.1 Å². The SMILES string of the molecule is O=C(OCc1csc(COc2ccc(F)cc2)n1)C1CCN(C(=O)c2ccc(Cl)cc2)CC1. The van der Waals surface area contributed by atoms with E-state index < -0.39 is 0 Å². The Bertz CT molecular complexity index is 1100. The highest BCUT2D eigenvalue weighted by atomic mass is 35.5. The van der Waals surface area contributed by atoms with Gasteiger partial charge in [-0.3, -0.25) is 9.59 Å². The molecule has 2 heterocycles. The Morgan fingerprint density at radius 3 is 2.45 bits per heavy atom. The third-order valence-electron chi connectivity index (χ3n) is 5.34. The zero-order valence-electron chi connectivity index (χ0n) is 17.7. The van der Waals surface area contributed by atoms with Crippen molar-refractivity contribution >= 4 is 34.8 Å². The summed E-state index contributed by atoms with van der Waals surface area (Å²) in [7, 11) is 0. The van der Waals surface area contributed by atoms with Crippen LogP contribution in [-0.4, -0.2) is 34.8 Å². The molecule has 6 nitrogen and oxygen atoms in total. The molecule has 33 heavy (non-hydrogen) atoms. The maximum atomic E-state index is 12.9. The van der Waals surface area contributed by atoms with Crippen molar-refractivity contribution in [3.63, 3.8) is 0 Å². The zero-order chi connectivity index (χ0) is 23.2. The van der Waals surface area contributed by atoms with Crippen LogP contribution in [0.3, 0.4) is 0 Å². The number of rotatable bonds is 7. The summed E-state index contributed by atoms with van der Waals surface area (Å²) in [5.41, 5.74) is 1.24. The normalized spacial score (nSPS) is 14.2. The van der Waals surface area contributed by atoms with Crippen molar-refractivity contribution in [3.05, 3.63) is 81.0 Å².